The minimum absolute atomic E-state index is 0.0259. The Morgan fingerprint density at radius 1 is 1.29 bits per heavy atom. The molecule has 0 spiro atoms. The highest BCUT2D eigenvalue weighted by Crippen LogP contribution is 2.38. The third kappa shape index (κ3) is 3.00. The van der Waals surface area contributed by atoms with Crippen molar-refractivity contribution in [3.8, 4) is 11.5 Å². The Labute approximate surface area is 128 Å². The second-order valence-electron chi connectivity index (χ2n) is 4.83. The number of hydrazine groups is 1. The maximum absolute atomic E-state index is 6.11. The fourth-order valence-corrected chi connectivity index (χ4v) is 3.49. The van der Waals surface area contributed by atoms with E-state index in [1.54, 1.807) is 18.9 Å². The fourth-order valence-electron chi connectivity index (χ4n) is 2.45. The van der Waals surface area contributed by atoms with E-state index in [2.05, 4.69) is 11.5 Å². The van der Waals surface area contributed by atoms with Crippen LogP contribution in [-0.2, 0) is 0 Å². The standard InChI is InChI=1S/C16H18N2O2S/c1-19-12-6-4-5-11(9-12)16(18-17)14-10-21-15-8-3-2-7-13(15)20-14/h2-9,14,16,18H,10,17H2,1H3. The summed E-state index contributed by atoms with van der Waals surface area (Å²) in [4.78, 5) is 1.18. The molecule has 0 aromatic heterocycles. The lowest BCUT2D eigenvalue weighted by Gasteiger charge is -2.31. The number of hydrogen-bond donors (Lipinski definition) is 2. The smallest absolute Gasteiger partial charge is 0.133 e. The van der Waals surface area contributed by atoms with Crippen molar-refractivity contribution in [2.45, 2.75) is 17.0 Å². The Hall–Kier alpha value is -1.69. The molecule has 21 heavy (non-hydrogen) atoms. The third-order valence-corrected chi connectivity index (χ3v) is 4.68. The zero-order chi connectivity index (χ0) is 14.7. The molecular formula is C16H18N2O2S. The molecule has 0 fully saturated rings. The van der Waals surface area contributed by atoms with Gasteiger partial charge in [0.15, 0.2) is 0 Å². The van der Waals surface area contributed by atoms with Crippen molar-refractivity contribution < 1.29 is 9.47 Å². The molecule has 1 aliphatic rings. The van der Waals surface area contributed by atoms with E-state index in [0.29, 0.717) is 0 Å². The number of rotatable bonds is 4. The van der Waals surface area contributed by atoms with Crippen molar-refractivity contribution in [1.29, 1.82) is 0 Å². The van der Waals surface area contributed by atoms with Gasteiger partial charge in [0, 0.05) is 10.6 Å². The first-order valence-corrected chi connectivity index (χ1v) is 7.79. The van der Waals surface area contributed by atoms with E-state index in [0.717, 1.165) is 22.8 Å². The number of ether oxygens (including phenoxy) is 2. The van der Waals surface area contributed by atoms with Crippen LogP contribution in [0.15, 0.2) is 53.4 Å². The van der Waals surface area contributed by atoms with Crippen LogP contribution in [0.5, 0.6) is 11.5 Å². The SMILES string of the molecule is COc1cccc(C(NN)C2CSc3ccccc3O2)c1. The molecule has 2 aromatic rings. The molecule has 0 aliphatic carbocycles. The van der Waals surface area contributed by atoms with Crippen molar-refractivity contribution in [1.82, 2.24) is 5.43 Å². The minimum Gasteiger partial charge on any atom is -0.497 e. The summed E-state index contributed by atoms with van der Waals surface area (Å²) >= 11 is 1.79. The number of nitrogens with two attached hydrogens (primary N) is 1. The molecular weight excluding hydrogens is 284 g/mol. The van der Waals surface area contributed by atoms with Gasteiger partial charge >= 0.3 is 0 Å². The molecule has 0 amide bonds. The fraction of sp³-hybridized carbons (Fsp3) is 0.250. The minimum atomic E-state index is -0.0824. The Kier molecular flexibility index (Phi) is 4.34. The number of benzene rings is 2. The van der Waals surface area contributed by atoms with Gasteiger partial charge in [-0.3, -0.25) is 5.84 Å². The van der Waals surface area contributed by atoms with E-state index < -0.39 is 0 Å². The van der Waals surface area contributed by atoms with Crippen molar-refractivity contribution in [2.24, 2.45) is 5.84 Å². The average Bonchev–Trinajstić information content (AvgIpc) is 2.56. The quantitative estimate of drug-likeness (QED) is 0.672. The van der Waals surface area contributed by atoms with Crippen LogP contribution in [0.2, 0.25) is 0 Å². The molecule has 0 saturated carbocycles. The third-order valence-electron chi connectivity index (χ3n) is 3.53. The van der Waals surface area contributed by atoms with Crippen LogP contribution >= 0.6 is 11.8 Å². The first-order chi connectivity index (χ1) is 10.3. The second-order valence-corrected chi connectivity index (χ2v) is 5.90. The van der Waals surface area contributed by atoms with Crippen molar-refractivity contribution in [2.75, 3.05) is 12.9 Å². The summed E-state index contributed by atoms with van der Waals surface area (Å²) in [6, 6.07) is 15.9. The Morgan fingerprint density at radius 2 is 2.14 bits per heavy atom. The number of hydrogen-bond acceptors (Lipinski definition) is 5. The van der Waals surface area contributed by atoms with E-state index in [1.165, 1.54) is 4.90 Å². The molecule has 2 aromatic carbocycles. The summed E-state index contributed by atoms with van der Waals surface area (Å²) in [6.07, 6.45) is -0.0259. The van der Waals surface area contributed by atoms with Gasteiger partial charge in [-0.05, 0) is 29.8 Å². The largest absolute Gasteiger partial charge is 0.497 e. The molecule has 2 unspecified atom stereocenters. The topological polar surface area (TPSA) is 56.5 Å². The predicted octanol–water partition coefficient (Wildman–Crippen LogP) is 2.75. The highest BCUT2D eigenvalue weighted by molar-refractivity contribution is 7.99. The predicted molar refractivity (Wildman–Crippen MR) is 84.6 cm³/mol. The lowest BCUT2D eigenvalue weighted by Crippen LogP contribution is -2.42. The maximum Gasteiger partial charge on any atom is 0.133 e. The molecule has 0 radical (unpaired) electrons. The first kappa shape index (κ1) is 14.3. The Morgan fingerprint density at radius 3 is 2.95 bits per heavy atom. The van der Waals surface area contributed by atoms with E-state index >= 15 is 0 Å². The molecule has 110 valence electrons. The number of fused-ring (bicyclic) bond motifs is 1. The van der Waals surface area contributed by atoms with Crippen LogP contribution in [0.25, 0.3) is 0 Å². The average molecular weight is 302 g/mol. The Balaban J connectivity index is 1.84. The van der Waals surface area contributed by atoms with Crippen molar-refractivity contribution >= 4 is 11.8 Å². The van der Waals surface area contributed by atoms with E-state index in [1.807, 2.05) is 42.5 Å². The summed E-state index contributed by atoms with van der Waals surface area (Å²) in [6.45, 7) is 0. The van der Waals surface area contributed by atoms with Crippen LogP contribution in [0.3, 0.4) is 0 Å². The van der Waals surface area contributed by atoms with Gasteiger partial charge in [0.25, 0.3) is 0 Å². The second kappa shape index (κ2) is 6.39. The highest BCUT2D eigenvalue weighted by atomic mass is 32.2. The first-order valence-electron chi connectivity index (χ1n) is 6.80. The van der Waals surface area contributed by atoms with Crippen molar-refractivity contribution in [3.05, 3.63) is 54.1 Å². The van der Waals surface area contributed by atoms with Gasteiger partial charge < -0.3 is 9.47 Å². The van der Waals surface area contributed by atoms with Gasteiger partial charge in [-0.15, -0.1) is 11.8 Å². The number of para-hydroxylation sites is 1. The molecule has 0 bridgehead atoms. The number of methoxy groups -OCH3 is 1. The van der Waals surface area contributed by atoms with Crippen LogP contribution in [0, 0.1) is 0 Å². The zero-order valence-electron chi connectivity index (χ0n) is 11.8. The zero-order valence-corrected chi connectivity index (χ0v) is 12.6. The van der Waals surface area contributed by atoms with Gasteiger partial charge in [0.05, 0.1) is 13.2 Å². The molecule has 3 N–H and O–H groups in total. The van der Waals surface area contributed by atoms with E-state index in [9.17, 15) is 0 Å². The van der Waals surface area contributed by atoms with Gasteiger partial charge in [-0.2, -0.15) is 0 Å². The van der Waals surface area contributed by atoms with Crippen LogP contribution < -0.4 is 20.7 Å². The summed E-state index contributed by atoms with van der Waals surface area (Å²) in [5.41, 5.74) is 3.93. The van der Waals surface area contributed by atoms with Gasteiger partial charge in [0.1, 0.15) is 17.6 Å². The lowest BCUT2D eigenvalue weighted by atomic mass is 10.0. The summed E-state index contributed by atoms with van der Waals surface area (Å²) < 4.78 is 11.4. The van der Waals surface area contributed by atoms with E-state index in [4.69, 9.17) is 15.3 Å². The van der Waals surface area contributed by atoms with Gasteiger partial charge in [-0.1, -0.05) is 24.3 Å². The van der Waals surface area contributed by atoms with Crippen molar-refractivity contribution in [3.63, 3.8) is 0 Å². The number of nitrogens with one attached hydrogen (secondary N) is 1. The highest BCUT2D eigenvalue weighted by Gasteiger charge is 2.28. The van der Waals surface area contributed by atoms with E-state index in [-0.39, 0.29) is 12.1 Å². The summed E-state index contributed by atoms with van der Waals surface area (Å²) in [7, 11) is 1.66. The van der Waals surface area contributed by atoms with Crippen LogP contribution in [0.4, 0.5) is 0 Å². The Bertz CT molecular complexity index is 621. The van der Waals surface area contributed by atoms with Gasteiger partial charge in [0.2, 0.25) is 0 Å². The molecule has 5 heteroatoms. The monoisotopic (exact) mass is 302 g/mol. The summed E-state index contributed by atoms with van der Waals surface area (Å²) in [5.74, 6) is 8.35. The van der Waals surface area contributed by atoms with Crippen LogP contribution in [0.1, 0.15) is 11.6 Å². The molecule has 2 atom stereocenters. The molecule has 3 rings (SSSR count). The normalized spacial score (nSPS) is 18.5. The maximum atomic E-state index is 6.11. The number of thioether (sulfide) groups is 1. The lowest BCUT2D eigenvalue weighted by molar-refractivity contribution is 0.166. The molecule has 0 saturated heterocycles. The van der Waals surface area contributed by atoms with Crippen LogP contribution in [-0.4, -0.2) is 19.0 Å². The molecule has 1 aliphatic heterocycles. The van der Waals surface area contributed by atoms with Gasteiger partial charge in [-0.25, -0.2) is 5.43 Å². The summed E-state index contributed by atoms with van der Waals surface area (Å²) in [5, 5.41) is 0. The molecule has 4 nitrogen and oxygen atoms in total. The molecule has 1 heterocycles.